The minimum atomic E-state index is 0.326. The molecule has 0 amide bonds. The van der Waals surface area contributed by atoms with Gasteiger partial charge >= 0.3 is 0 Å². The zero-order valence-electron chi connectivity index (χ0n) is 18.0. The number of pyridine rings is 1. The highest BCUT2D eigenvalue weighted by atomic mass is 15.3. The van der Waals surface area contributed by atoms with Crippen molar-refractivity contribution in [2.45, 2.75) is 31.8 Å². The average Bonchev–Trinajstić information content (AvgIpc) is 3.21. The Balaban J connectivity index is 1.39. The highest BCUT2D eigenvalue weighted by molar-refractivity contribution is 6.36. The van der Waals surface area contributed by atoms with E-state index < -0.39 is 0 Å². The smallest absolute Gasteiger partial charge is 0.150 e. The Hall–Kier alpha value is -3.39. The predicted molar refractivity (Wildman–Crippen MR) is 128 cm³/mol. The van der Waals surface area contributed by atoms with Crippen LogP contribution >= 0.6 is 0 Å². The molecule has 3 aromatic heterocycles. The minimum Gasteiger partial charge on any atom is -0.398 e. The summed E-state index contributed by atoms with van der Waals surface area (Å²) in [5.41, 5.74) is 11.6. The molecule has 1 aliphatic heterocycles. The van der Waals surface area contributed by atoms with Crippen LogP contribution in [0.4, 0.5) is 11.5 Å². The van der Waals surface area contributed by atoms with Gasteiger partial charge in [0.05, 0.1) is 5.69 Å². The van der Waals surface area contributed by atoms with Crippen LogP contribution < -0.4 is 16.5 Å². The van der Waals surface area contributed by atoms with E-state index in [2.05, 4.69) is 32.4 Å². The molecule has 1 unspecified atom stereocenters. The zero-order chi connectivity index (χ0) is 21.9. The molecule has 0 saturated carbocycles. The van der Waals surface area contributed by atoms with E-state index in [0.29, 0.717) is 23.6 Å². The summed E-state index contributed by atoms with van der Waals surface area (Å²) >= 11 is 0. The van der Waals surface area contributed by atoms with E-state index in [1.807, 2.05) is 36.5 Å². The van der Waals surface area contributed by atoms with Crippen LogP contribution in [0.15, 0.2) is 61.1 Å². The van der Waals surface area contributed by atoms with Crippen LogP contribution in [0.25, 0.3) is 5.65 Å². The molecule has 7 nitrogen and oxygen atoms in total. The first-order valence-corrected chi connectivity index (χ1v) is 11.0. The van der Waals surface area contributed by atoms with Crippen LogP contribution in [-0.4, -0.2) is 45.4 Å². The Bertz CT molecular complexity index is 1210. The van der Waals surface area contributed by atoms with Crippen LogP contribution in [0.1, 0.15) is 35.6 Å². The summed E-state index contributed by atoms with van der Waals surface area (Å²) < 4.78 is 1.78. The van der Waals surface area contributed by atoms with Crippen molar-refractivity contribution in [2.24, 2.45) is 0 Å². The lowest BCUT2D eigenvalue weighted by Crippen LogP contribution is -2.34. The van der Waals surface area contributed by atoms with Gasteiger partial charge in [-0.05, 0) is 48.1 Å². The first-order chi connectivity index (χ1) is 15.7. The third-order valence-electron chi connectivity index (χ3n) is 6.09. The van der Waals surface area contributed by atoms with E-state index in [4.69, 9.17) is 18.6 Å². The molecule has 1 atom stereocenters. The third kappa shape index (κ3) is 4.32. The minimum absolute atomic E-state index is 0.326. The zero-order valence-corrected chi connectivity index (χ0v) is 18.0. The number of hydrogen-bond acceptors (Lipinski definition) is 6. The van der Waals surface area contributed by atoms with Crippen molar-refractivity contribution in [3.05, 3.63) is 77.9 Å². The summed E-state index contributed by atoms with van der Waals surface area (Å²) in [6.07, 6.45) is 7.51. The largest absolute Gasteiger partial charge is 0.398 e. The normalized spacial score (nSPS) is 16.9. The van der Waals surface area contributed by atoms with Crippen molar-refractivity contribution in [3.63, 3.8) is 0 Å². The first kappa shape index (κ1) is 20.5. The van der Waals surface area contributed by atoms with Crippen LogP contribution in [0.2, 0.25) is 0 Å². The molecule has 4 aromatic rings. The summed E-state index contributed by atoms with van der Waals surface area (Å²) in [7, 11) is 6.19. The Kier molecular flexibility index (Phi) is 5.77. The predicted octanol–water partition coefficient (Wildman–Crippen LogP) is 2.49. The third-order valence-corrected chi connectivity index (χ3v) is 6.09. The number of para-hydroxylation sites is 1. The molecular weight excluding hydrogens is 397 g/mol. The van der Waals surface area contributed by atoms with Crippen molar-refractivity contribution >= 4 is 30.5 Å². The standard InChI is InChI=1S/C24H26BN7/c25-20-14-29-32-23(28-13-17-5-3-9-27-12-17)11-22(30-24(20)32)19-7-4-10-31(16-19)15-18-6-1-2-8-21(18)26/h1-3,5-6,8-9,11-12,14,19,28H,4,7,10,13,15-16,26H2. The lowest BCUT2D eigenvalue weighted by Gasteiger charge is -2.33. The first-order valence-electron chi connectivity index (χ1n) is 11.0. The van der Waals surface area contributed by atoms with Gasteiger partial charge in [0.15, 0.2) is 5.65 Å². The Morgan fingerprint density at radius 1 is 1.16 bits per heavy atom. The molecule has 3 N–H and O–H groups in total. The van der Waals surface area contributed by atoms with E-state index in [1.54, 1.807) is 16.9 Å². The van der Waals surface area contributed by atoms with Gasteiger partial charge in [-0.25, -0.2) is 4.98 Å². The molecule has 32 heavy (non-hydrogen) atoms. The lowest BCUT2D eigenvalue weighted by atomic mass is 9.93. The van der Waals surface area contributed by atoms with Crippen molar-refractivity contribution in [1.82, 2.24) is 24.5 Å². The number of anilines is 2. The van der Waals surface area contributed by atoms with Gasteiger partial charge in [0.1, 0.15) is 13.7 Å². The summed E-state index contributed by atoms with van der Waals surface area (Å²) in [5.74, 6) is 1.21. The van der Waals surface area contributed by atoms with Crippen LogP contribution in [0, 0.1) is 0 Å². The molecule has 0 bridgehead atoms. The average molecular weight is 423 g/mol. The number of nitrogens with one attached hydrogen (secondary N) is 1. The summed E-state index contributed by atoms with van der Waals surface area (Å²) in [5, 5.41) is 7.91. The second-order valence-corrected chi connectivity index (χ2v) is 8.39. The molecular formula is C24H26BN7. The topological polar surface area (TPSA) is 84.4 Å². The van der Waals surface area contributed by atoms with Crippen LogP contribution in [0.3, 0.4) is 0 Å². The SMILES string of the molecule is [B]c1cnn2c(NCc3cccnc3)cc(C3CCCN(Cc4ccccc4N)C3)nc12. The maximum Gasteiger partial charge on any atom is 0.150 e. The molecule has 5 rings (SSSR count). The number of hydrogen-bond donors (Lipinski definition) is 2. The van der Waals surface area contributed by atoms with Crippen molar-refractivity contribution in [1.29, 1.82) is 0 Å². The molecule has 0 spiro atoms. The fourth-order valence-electron chi connectivity index (χ4n) is 4.39. The quantitative estimate of drug-likeness (QED) is 0.366. The van der Waals surface area contributed by atoms with E-state index in [-0.39, 0.29) is 0 Å². The maximum atomic E-state index is 6.19. The second-order valence-electron chi connectivity index (χ2n) is 8.39. The molecule has 160 valence electrons. The number of piperidine rings is 1. The highest BCUT2D eigenvalue weighted by Gasteiger charge is 2.24. The maximum absolute atomic E-state index is 6.19. The molecule has 1 saturated heterocycles. The van der Waals surface area contributed by atoms with Crippen molar-refractivity contribution in [2.75, 3.05) is 24.1 Å². The molecule has 0 aliphatic carbocycles. The molecule has 4 heterocycles. The monoisotopic (exact) mass is 423 g/mol. The number of nitrogens with two attached hydrogens (primary N) is 1. The number of benzene rings is 1. The Labute approximate surface area is 189 Å². The van der Waals surface area contributed by atoms with Crippen LogP contribution in [0.5, 0.6) is 0 Å². The van der Waals surface area contributed by atoms with Gasteiger partial charge in [0.25, 0.3) is 0 Å². The van der Waals surface area contributed by atoms with Gasteiger partial charge in [0, 0.05) is 55.9 Å². The van der Waals surface area contributed by atoms with E-state index in [1.165, 1.54) is 5.56 Å². The van der Waals surface area contributed by atoms with Gasteiger partial charge in [0.2, 0.25) is 0 Å². The van der Waals surface area contributed by atoms with Crippen LogP contribution in [-0.2, 0) is 13.1 Å². The molecule has 8 heteroatoms. The van der Waals surface area contributed by atoms with Gasteiger partial charge in [-0.2, -0.15) is 9.61 Å². The van der Waals surface area contributed by atoms with Gasteiger partial charge in [-0.15, -0.1) is 0 Å². The number of likely N-dealkylation sites (tertiary alicyclic amines) is 1. The van der Waals surface area contributed by atoms with Gasteiger partial charge in [-0.1, -0.05) is 24.3 Å². The van der Waals surface area contributed by atoms with E-state index >= 15 is 0 Å². The van der Waals surface area contributed by atoms with Crippen molar-refractivity contribution in [3.8, 4) is 0 Å². The van der Waals surface area contributed by atoms with E-state index in [9.17, 15) is 0 Å². The molecule has 1 aliphatic rings. The Morgan fingerprint density at radius 3 is 2.91 bits per heavy atom. The number of nitrogen functional groups attached to an aromatic ring is 1. The number of rotatable bonds is 6. The highest BCUT2D eigenvalue weighted by Crippen LogP contribution is 2.29. The number of aromatic nitrogens is 4. The summed E-state index contributed by atoms with van der Waals surface area (Å²) in [6.45, 7) is 3.50. The van der Waals surface area contributed by atoms with Crippen molar-refractivity contribution < 1.29 is 0 Å². The Morgan fingerprint density at radius 2 is 2.06 bits per heavy atom. The van der Waals surface area contributed by atoms with Gasteiger partial charge in [-0.3, -0.25) is 9.88 Å². The fourth-order valence-corrected chi connectivity index (χ4v) is 4.39. The van der Waals surface area contributed by atoms with Gasteiger partial charge < -0.3 is 11.1 Å². The summed E-state index contributed by atoms with van der Waals surface area (Å²) in [4.78, 5) is 11.6. The molecule has 1 fully saturated rings. The lowest BCUT2D eigenvalue weighted by molar-refractivity contribution is 0.199. The molecule has 2 radical (unpaired) electrons. The number of fused-ring (bicyclic) bond motifs is 1. The second kappa shape index (κ2) is 9.00. The van der Waals surface area contributed by atoms with E-state index in [0.717, 1.165) is 55.2 Å². The fraction of sp³-hybridized carbons (Fsp3) is 0.292. The number of nitrogens with zero attached hydrogens (tertiary/aromatic N) is 5. The molecule has 1 aromatic carbocycles. The summed E-state index contributed by atoms with van der Waals surface area (Å²) in [6, 6.07) is 14.2.